The summed E-state index contributed by atoms with van der Waals surface area (Å²) in [6.07, 6.45) is -0.653. The maximum absolute atomic E-state index is 14.3. The Morgan fingerprint density at radius 2 is 1.75 bits per heavy atom. The van der Waals surface area contributed by atoms with Gasteiger partial charge in [0.2, 0.25) is 0 Å². The molecule has 0 amide bonds. The Kier molecular flexibility index (Phi) is 4.52. The number of carbonyl (C=O) groups excluding carboxylic acids is 1. The third-order valence-electron chi connectivity index (χ3n) is 3.65. The van der Waals surface area contributed by atoms with E-state index in [2.05, 4.69) is 15.9 Å². The van der Waals surface area contributed by atoms with Crippen molar-refractivity contribution >= 4 is 21.7 Å². The average molecular weight is 353 g/mol. The standard InChI is InChI=1S/C14H13BrF4O/c15-10-7-6-9(8-4-2-1-3-5-8)12(16)11(10)13(20)14(17,18)19/h6-8H,1-5H2. The fourth-order valence-corrected chi connectivity index (χ4v) is 3.13. The Morgan fingerprint density at radius 3 is 2.30 bits per heavy atom. The molecule has 0 N–H and O–H groups in total. The lowest BCUT2D eigenvalue weighted by molar-refractivity contribution is -0.0888. The summed E-state index contributed by atoms with van der Waals surface area (Å²) in [6, 6.07) is 2.80. The molecule has 0 aliphatic heterocycles. The molecule has 0 heterocycles. The van der Waals surface area contributed by atoms with Crippen LogP contribution >= 0.6 is 15.9 Å². The Morgan fingerprint density at radius 1 is 1.15 bits per heavy atom. The molecule has 1 aromatic rings. The first-order chi connectivity index (χ1) is 9.32. The van der Waals surface area contributed by atoms with Crippen LogP contribution in [0.3, 0.4) is 0 Å². The van der Waals surface area contributed by atoms with Gasteiger partial charge >= 0.3 is 6.18 Å². The molecule has 1 nitrogen and oxygen atoms in total. The molecule has 1 saturated carbocycles. The first-order valence-electron chi connectivity index (χ1n) is 6.41. The summed E-state index contributed by atoms with van der Waals surface area (Å²) in [5, 5.41) is 0. The van der Waals surface area contributed by atoms with Crippen LogP contribution in [0.15, 0.2) is 16.6 Å². The van der Waals surface area contributed by atoms with Gasteiger partial charge in [-0.2, -0.15) is 13.2 Å². The van der Waals surface area contributed by atoms with E-state index in [0.717, 1.165) is 32.1 Å². The Bertz CT molecular complexity index is 519. The van der Waals surface area contributed by atoms with Crippen LogP contribution in [0.1, 0.15) is 53.9 Å². The molecule has 0 atom stereocenters. The maximum atomic E-state index is 14.3. The Balaban J connectivity index is 2.44. The van der Waals surface area contributed by atoms with E-state index >= 15 is 0 Å². The molecule has 0 aromatic heterocycles. The van der Waals surface area contributed by atoms with Crippen LogP contribution in [-0.2, 0) is 0 Å². The number of Topliss-reactive ketones (excluding diaryl/α,β-unsaturated/α-hetero) is 1. The second-order valence-electron chi connectivity index (χ2n) is 4.99. The van der Waals surface area contributed by atoms with Gasteiger partial charge in [0.25, 0.3) is 5.78 Å². The van der Waals surface area contributed by atoms with E-state index in [4.69, 9.17) is 0 Å². The number of alkyl halides is 3. The molecule has 0 bridgehead atoms. The lowest BCUT2D eigenvalue weighted by Crippen LogP contribution is -2.25. The van der Waals surface area contributed by atoms with Gasteiger partial charge in [0.15, 0.2) is 0 Å². The van der Waals surface area contributed by atoms with Gasteiger partial charge in [-0.1, -0.05) is 25.3 Å². The lowest BCUT2D eigenvalue weighted by atomic mass is 9.83. The van der Waals surface area contributed by atoms with Crippen molar-refractivity contribution in [1.82, 2.24) is 0 Å². The average Bonchev–Trinajstić information content (AvgIpc) is 2.38. The van der Waals surface area contributed by atoms with Crippen LogP contribution in [0.2, 0.25) is 0 Å². The quantitative estimate of drug-likeness (QED) is 0.515. The number of rotatable bonds is 2. The van der Waals surface area contributed by atoms with Gasteiger partial charge in [0.1, 0.15) is 5.82 Å². The van der Waals surface area contributed by atoms with Gasteiger partial charge in [-0.3, -0.25) is 4.79 Å². The number of hydrogen-bond acceptors (Lipinski definition) is 1. The molecule has 1 aliphatic rings. The molecule has 0 unspecified atom stereocenters. The van der Waals surface area contributed by atoms with Crippen LogP contribution in [0.4, 0.5) is 17.6 Å². The van der Waals surface area contributed by atoms with Crippen molar-refractivity contribution in [2.45, 2.75) is 44.2 Å². The predicted molar refractivity (Wildman–Crippen MR) is 70.3 cm³/mol. The minimum atomic E-state index is -5.07. The number of ketones is 1. The topological polar surface area (TPSA) is 17.1 Å². The van der Waals surface area contributed by atoms with Crippen LogP contribution in [0, 0.1) is 5.82 Å². The van der Waals surface area contributed by atoms with E-state index in [1.807, 2.05) is 0 Å². The van der Waals surface area contributed by atoms with E-state index in [0.29, 0.717) is 0 Å². The summed E-state index contributed by atoms with van der Waals surface area (Å²) in [6.45, 7) is 0. The van der Waals surface area contributed by atoms with Gasteiger partial charge in [0.05, 0.1) is 5.56 Å². The monoisotopic (exact) mass is 352 g/mol. The van der Waals surface area contributed by atoms with Crippen LogP contribution in [0.5, 0.6) is 0 Å². The minimum Gasteiger partial charge on any atom is -0.284 e. The molecular formula is C14H13BrF4O. The van der Waals surface area contributed by atoms with Crippen molar-refractivity contribution < 1.29 is 22.4 Å². The largest absolute Gasteiger partial charge is 0.455 e. The van der Waals surface area contributed by atoms with Crippen LogP contribution in [0.25, 0.3) is 0 Å². The lowest BCUT2D eigenvalue weighted by Gasteiger charge is -2.23. The Labute approximate surface area is 122 Å². The zero-order valence-electron chi connectivity index (χ0n) is 10.6. The number of hydrogen-bond donors (Lipinski definition) is 0. The Hall–Kier alpha value is -0.910. The molecule has 20 heavy (non-hydrogen) atoms. The molecular weight excluding hydrogens is 340 g/mol. The van der Waals surface area contributed by atoms with Gasteiger partial charge in [0, 0.05) is 4.47 Å². The zero-order valence-corrected chi connectivity index (χ0v) is 12.2. The van der Waals surface area contributed by atoms with Crippen LogP contribution in [-0.4, -0.2) is 12.0 Å². The highest BCUT2D eigenvalue weighted by atomic mass is 79.9. The third kappa shape index (κ3) is 3.05. The highest BCUT2D eigenvalue weighted by molar-refractivity contribution is 9.10. The molecule has 1 fully saturated rings. The van der Waals surface area contributed by atoms with Gasteiger partial charge < -0.3 is 0 Å². The number of benzene rings is 1. The highest BCUT2D eigenvalue weighted by Crippen LogP contribution is 2.37. The first-order valence-corrected chi connectivity index (χ1v) is 7.21. The molecule has 1 aliphatic carbocycles. The normalized spacial score (nSPS) is 17.2. The fraction of sp³-hybridized carbons (Fsp3) is 0.500. The first kappa shape index (κ1) is 15.5. The maximum Gasteiger partial charge on any atom is 0.455 e. The van der Waals surface area contributed by atoms with Gasteiger partial charge in [-0.05, 0) is 46.3 Å². The zero-order chi connectivity index (χ0) is 14.9. The second-order valence-corrected chi connectivity index (χ2v) is 5.84. The molecule has 2 rings (SSSR count). The summed E-state index contributed by atoms with van der Waals surface area (Å²) in [5.74, 6) is -3.27. The number of carbonyl (C=O) groups is 1. The van der Waals surface area contributed by atoms with E-state index in [1.54, 1.807) is 0 Å². The van der Waals surface area contributed by atoms with Crippen LogP contribution < -0.4 is 0 Å². The third-order valence-corrected chi connectivity index (χ3v) is 4.31. The van der Waals surface area contributed by atoms with Gasteiger partial charge in [-0.15, -0.1) is 0 Å². The van der Waals surface area contributed by atoms with Crippen molar-refractivity contribution in [3.05, 3.63) is 33.5 Å². The molecule has 0 radical (unpaired) electrons. The molecule has 110 valence electrons. The van der Waals surface area contributed by atoms with E-state index in [-0.39, 0.29) is 16.0 Å². The molecule has 1 aromatic carbocycles. The summed E-state index contributed by atoms with van der Waals surface area (Å²) in [4.78, 5) is 11.3. The number of halogens is 5. The van der Waals surface area contributed by atoms with E-state index in [9.17, 15) is 22.4 Å². The second kappa shape index (κ2) is 5.84. The van der Waals surface area contributed by atoms with Crippen molar-refractivity contribution in [3.8, 4) is 0 Å². The van der Waals surface area contributed by atoms with Crippen molar-refractivity contribution in [2.24, 2.45) is 0 Å². The summed E-state index contributed by atoms with van der Waals surface area (Å²) < 4.78 is 51.8. The minimum absolute atomic E-state index is 0.100. The molecule has 6 heteroatoms. The fourth-order valence-electron chi connectivity index (χ4n) is 2.65. The van der Waals surface area contributed by atoms with E-state index in [1.165, 1.54) is 12.1 Å². The van der Waals surface area contributed by atoms with Crippen molar-refractivity contribution in [3.63, 3.8) is 0 Å². The van der Waals surface area contributed by atoms with Gasteiger partial charge in [-0.25, -0.2) is 4.39 Å². The smallest absolute Gasteiger partial charge is 0.284 e. The molecule has 0 saturated heterocycles. The van der Waals surface area contributed by atoms with Crippen molar-refractivity contribution in [2.75, 3.05) is 0 Å². The summed E-state index contributed by atoms with van der Waals surface area (Å²) in [7, 11) is 0. The van der Waals surface area contributed by atoms with E-state index < -0.39 is 23.3 Å². The van der Waals surface area contributed by atoms with Crippen molar-refractivity contribution in [1.29, 1.82) is 0 Å². The summed E-state index contributed by atoms with van der Waals surface area (Å²) in [5.41, 5.74) is -0.680. The SMILES string of the molecule is O=C(c1c(Br)ccc(C2CCCCC2)c1F)C(F)(F)F. The predicted octanol–water partition coefficient (Wildman–Crippen LogP) is 5.38. The highest BCUT2D eigenvalue weighted by Gasteiger charge is 2.42. The molecule has 0 spiro atoms. The summed E-state index contributed by atoms with van der Waals surface area (Å²) >= 11 is 2.84.